The predicted octanol–water partition coefficient (Wildman–Crippen LogP) is 3.19. The summed E-state index contributed by atoms with van der Waals surface area (Å²) >= 11 is 0. The number of benzene rings is 2. The van der Waals surface area contributed by atoms with Crippen molar-refractivity contribution >= 4 is 17.5 Å². The van der Waals surface area contributed by atoms with Crippen molar-refractivity contribution in [3.63, 3.8) is 0 Å². The molecular weight excluding hydrogens is 344 g/mol. The number of hydrogen-bond donors (Lipinski definition) is 1. The molecule has 6 nitrogen and oxygen atoms in total. The van der Waals surface area contributed by atoms with Crippen LogP contribution in [-0.2, 0) is 4.79 Å². The van der Waals surface area contributed by atoms with E-state index in [0.29, 0.717) is 48.7 Å². The summed E-state index contributed by atoms with van der Waals surface area (Å²) in [5, 5.41) is 2.94. The third-order valence-corrected chi connectivity index (χ3v) is 4.81. The lowest BCUT2D eigenvalue weighted by Gasteiger charge is -2.31. The molecule has 1 saturated heterocycles. The zero-order chi connectivity index (χ0) is 19.2. The minimum Gasteiger partial charge on any atom is -0.497 e. The monoisotopic (exact) mass is 368 g/mol. The van der Waals surface area contributed by atoms with Gasteiger partial charge in [0.15, 0.2) is 0 Å². The number of methoxy groups -OCH3 is 2. The molecule has 1 aliphatic heterocycles. The normalized spacial score (nSPS) is 14.5. The topological polar surface area (TPSA) is 67.9 Å². The summed E-state index contributed by atoms with van der Waals surface area (Å²) in [6.07, 6.45) is 1.29. The Labute approximate surface area is 159 Å². The molecule has 142 valence electrons. The summed E-state index contributed by atoms with van der Waals surface area (Å²) in [6.45, 7) is 1.12. The van der Waals surface area contributed by atoms with Gasteiger partial charge in [0.1, 0.15) is 11.5 Å². The van der Waals surface area contributed by atoms with E-state index in [-0.39, 0.29) is 17.7 Å². The van der Waals surface area contributed by atoms with Crippen LogP contribution in [0.4, 0.5) is 5.69 Å². The van der Waals surface area contributed by atoms with Gasteiger partial charge in [0.05, 0.1) is 14.2 Å². The molecule has 3 rings (SSSR count). The van der Waals surface area contributed by atoms with Gasteiger partial charge in [-0.25, -0.2) is 0 Å². The van der Waals surface area contributed by atoms with Crippen LogP contribution in [0, 0.1) is 5.92 Å². The number of nitrogens with one attached hydrogen (secondary N) is 1. The number of likely N-dealkylation sites (tertiary alicyclic amines) is 1. The minimum atomic E-state index is -0.106. The van der Waals surface area contributed by atoms with Crippen LogP contribution in [-0.4, -0.2) is 44.0 Å². The second-order valence-corrected chi connectivity index (χ2v) is 6.52. The molecule has 27 heavy (non-hydrogen) atoms. The third kappa shape index (κ3) is 4.58. The van der Waals surface area contributed by atoms with Gasteiger partial charge < -0.3 is 19.7 Å². The van der Waals surface area contributed by atoms with Crippen LogP contribution in [0.2, 0.25) is 0 Å². The summed E-state index contributed by atoms with van der Waals surface area (Å²) < 4.78 is 10.4. The number of piperidine rings is 1. The van der Waals surface area contributed by atoms with E-state index >= 15 is 0 Å². The Balaban J connectivity index is 1.56. The fraction of sp³-hybridized carbons (Fsp3) is 0.333. The molecule has 2 amide bonds. The van der Waals surface area contributed by atoms with Crippen molar-refractivity contribution in [2.75, 3.05) is 32.6 Å². The van der Waals surface area contributed by atoms with E-state index in [0.717, 1.165) is 0 Å². The Hall–Kier alpha value is -3.02. The van der Waals surface area contributed by atoms with Crippen LogP contribution >= 0.6 is 0 Å². The highest BCUT2D eigenvalue weighted by Gasteiger charge is 2.28. The average Bonchev–Trinajstić information content (AvgIpc) is 2.73. The molecule has 0 atom stereocenters. The van der Waals surface area contributed by atoms with Crippen LogP contribution in [0.5, 0.6) is 11.5 Å². The molecule has 1 fully saturated rings. The second kappa shape index (κ2) is 8.58. The molecule has 0 aliphatic carbocycles. The van der Waals surface area contributed by atoms with Crippen molar-refractivity contribution in [1.82, 2.24) is 4.90 Å². The number of amides is 2. The molecule has 0 bridgehead atoms. The maximum absolute atomic E-state index is 12.7. The first-order chi connectivity index (χ1) is 13.1. The summed E-state index contributed by atoms with van der Waals surface area (Å²) in [5.41, 5.74) is 1.32. The minimum absolute atomic E-state index is 0.0169. The lowest BCUT2D eigenvalue weighted by atomic mass is 9.95. The molecule has 0 unspecified atom stereocenters. The van der Waals surface area contributed by atoms with Gasteiger partial charge in [-0.3, -0.25) is 9.59 Å². The van der Waals surface area contributed by atoms with Crippen LogP contribution in [0.3, 0.4) is 0 Å². The van der Waals surface area contributed by atoms with E-state index in [1.54, 1.807) is 43.4 Å². The Morgan fingerprint density at radius 2 is 1.59 bits per heavy atom. The molecule has 1 aliphatic rings. The molecule has 2 aromatic rings. The van der Waals surface area contributed by atoms with E-state index in [9.17, 15) is 9.59 Å². The number of carbonyl (C=O) groups is 2. The highest BCUT2D eigenvalue weighted by Crippen LogP contribution is 2.23. The zero-order valence-electron chi connectivity index (χ0n) is 15.6. The molecule has 2 aromatic carbocycles. The van der Waals surface area contributed by atoms with Crippen molar-refractivity contribution in [3.05, 3.63) is 54.1 Å². The first-order valence-corrected chi connectivity index (χ1v) is 8.99. The second-order valence-electron chi connectivity index (χ2n) is 6.52. The maximum Gasteiger partial charge on any atom is 0.253 e. The summed E-state index contributed by atoms with van der Waals surface area (Å²) in [7, 11) is 3.17. The molecule has 6 heteroatoms. The lowest BCUT2D eigenvalue weighted by Crippen LogP contribution is -2.41. The van der Waals surface area contributed by atoms with Gasteiger partial charge in [0.2, 0.25) is 5.91 Å². The van der Waals surface area contributed by atoms with E-state index in [4.69, 9.17) is 9.47 Å². The molecule has 0 radical (unpaired) electrons. The van der Waals surface area contributed by atoms with Gasteiger partial charge in [0, 0.05) is 36.3 Å². The van der Waals surface area contributed by atoms with Gasteiger partial charge in [-0.1, -0.05) is 12.1 Å². The fourth-order valence-corrected chi connectivity index (χ4v) is 3.23. The van der Waals surface area contributed by atoms with E-state index in [1.165, 1.54) is 0 Å². The van der Waals surface area contributed by atoms with Gasteiger partial charge >= 0.3 is 0 Å². The molecule has 1 heterocycles. The molecule has 0 aromatic heterocycles. The van der Waals surface area contributed by atoms with E-state index in [1.807, 2.05) is 24.3 Å². The number of nitrogens with zero attached hydrogens (tertiary/aromatic N) is 1. The van der Waals surface area contributed by atoms with Gasteiger partial charge in [-0.2, -0.15) is 0 Å². The lowest BCUT2D eigenvalue weighted by molar-refractivity contribution is -0.121. The van der Waals surface area contributed by atoms with E-state index < -0.39 is 0 Å². The Morgan fingerprint density at radius 3 is 2.26 bits per heavy atom. The first-order valence-electron chi connectivity index (χ1n) is 8.99. The zero-order valence-corrected chi connectivity index (χ0v) is 15.6. The molecule has 0 saturated carbocycles. The Kier molecular flexibility index (Phi) is 5.96. The van der Waals surface area contributed by atoms with Gasteiger partial charge in [0.25, 0.3) is 5.91 Å². The summed E-state index contributed by atoms with van der Waals surface area (Å²) in [6, 6.07) is 14.4. The predicted molar refractivity (Wildman–Crippen MR) is 103 cm³/mol. The van der Waals surface area contributed by atoms with Crippen LogP contribution < -0.4 is 14.8 Å². The van der Waals surface area contributed by atoms with Gasteiger partial charge in [-0.05, 0) is 43.2 Å². The Bertz CT molecular complexity index is 813. The maximum atomic E-state index is 12.7. The van der Waals surface area contributed by atoms with E-state index in [2.05, 4.69) is 5.32 Å². The molecule has 0 spiro atoms. The first kappa shape index (κ1) is 18.8. The Morgan fingerprint density at radius 1 is 0.963 bits per heavy atom. The average molecular weight is 368 g/mol. The van der Waals surface area contributed by atoms with Crippen LogP contribution in [0.25, 0.3) is 0 Å². The fourth-order valence-electron chi connectivity index (χ4n) is 3.23. The van der Waals surface area contributed by atoms with Crippen molar-refractivity contribution in [2.45, 2.75) is 12.8 Å². The number of rotatable bonds is 5. The number of hydrogen-bond acceptors (Lipinski definition) is 4. The SMILES string of the molecule is COc1cccc(NC(=O)C2CCN(C(=O)c3cccc(OC)c3)CC2)c1. The smallest absolute Gasteiger partial charge is 0.253 e. The number of ether oxygens (including phenoxy) is 2. The highest BCUT2D eigenvalue weighted by molar-refractivity contribution is 5.95. The summed E-state index contributed by atoms with van der Waals surface area (Å²) in [5.74, 6) is 1.21. The summed E-state index contributed by atoms with van der Waals surface area (Å²) in [4.78, 5) is 27.0. The molecule has 1 N–H and O–H groups in total. The highest BCUT2D eigenvalue weighted by atomic mass is 16.5. The van der Waals surface area contributed by atoms with Crippen LogP contribution in [0.15, 0.2) is 48.5 Å². The van der Waals surface area contributed by atoms with Gasteiger partial charge in [-0.15, -0.1) is 0 Å². The number of carbonyl (C=O) groups excluding carboxylic acids is 2. The van der Waals surface area contributed by atoms with Crippen molar-refractivity contribution in [1.29, 1.82) is 0 Å². The standard InChI is InChI=1S/C21H24N2O4/c1-26-18-7-3-5-16(13-18)21(25)23-11-9-15(10-12-23)20(24)22-17-6-4-8-19(14-17)27-2/h3-8,13-15H,9-12H2,1-2H3,(H,22,24). The van der Waals surface area contributed by atoms with Crippen molar-refractivity contribution in [2.24, 2.45) is 5.92 Å². The quantitative estimate of drug-likeness (QED) is 0.880. The third-order valence-electron chi connectivity index (χ3n) is 4.81. The van der Waals surface area contributed by atoms with Crippen molar-refractivity contribution in [3.8, 4) is 11.5 Å². The number of anilines is 1. The van der Waals surface area contributed by atoms with Crippen LogP contribution in [0.1, 0.15) is 23.2 Å². The molecular formula is C21H24N2O4. The van der Waals surface area contributed by atoms with Crippen molar-refractivity contribution < 1.29 is 19.1 Å². The largest absolute Gasteiger partial charge is 0.497 e.